The van der Waals surface area contributed by atoms with Crippen molar-refractivity contribution in [2.75, 3.05) is 0 Å². The van der Waals surface area contributed by atoms with Crippen molar-refractivity contribution in [2.24, 2.45) is 5.73 Å². The number of aliphatic carboxylic acids is 1. The van der Waals surface area contributed by atoms with E-state index in [9.17, 15) is 4.79 Å². The summed E-state index contributed by atoms with van der Waals surface area (Å²) in [6.45, 7) is 0. The van der Waals surface area contributed by atoms with Crippen LogP contribution in [0.1, 0.15) is 24.8 Å². The molecule has 1 saturated carbocycles. The Morgan fingerprint density at radius 3 is 2.72 bits per heavy atom. The van der Waals surface area contributed by atoms with Crippen LogP contribution in [-0.4, -0.2) is 22.9 Å². The second-order valence-corrected chi connectivity index (χ2v) is 4.90. The molecular formula is C13H15NO4. The van der Waals surface area contributed by atoms with Crippen LogP contribution in [0.2, 0.25) is 0 Å². The Labute approximate surface area is 104 Å². The molecule has 0 amide bonds. The van der Waals surface area contributed by atoms with Crippen LogP contribution in [0.15, 0.2) is 18.2 Å². The summed E-state index contributed by atoms with van der Waals surface area (Å²) in [5, 5.41) is 8.79. The molecule has 1 unspecified atom stereocenters. The molecule has 18 heavy (non-hydrogen) atoms. The zero-order valence-corrected chi connectivity index (χ0v) is 9.89. The highest BCUT2D eigenvalue weighted by atomic mass is 16.7. The maximum absolute atomic E-state index is 10.7. The van der Waals surface area contributed by atoms with E-state index in [0.29, 0.717) is 12.2 Å². The molecule has 3 rings (SSSR count). The van der Waals surface area contributed by atoms with E-state index in [0.717, 1.165) is 30.6 Å². The molecule has 0 radical (unpaired) electrons. The number of carboxylic acids is 1. The number of carbonyl (C=O) groups is 1. The molecule has 2 aliphatic rings. The largest absolute Gasteiger partial charge is 0.480 e. The number of carboxylic acid groups (broad SMARTS) is 1. The van der Waals surface area contributed by atoms with Crippen LogP contribution in [0.25, 0.3) is 0 Å². The van der Waals surface area contributed by atoms with Crippen molar-refractivity contribution in [3.63, 3.8) is 0 Å². The lowest BCUT2D eigenvalue weighted by Crippen LogP contribution is -2.45. The van der Waals surface area contributed by atoms with Crippen molar-refractivity contribution in [1.29, 1.82) is 0 Å². The van der Waals surface area contributed by atoms with Crippen molar-refractivity contribution in [3.05, 3.63) is 23.8 Å². The highest BCUT2D eigenvalue weighted by Crippen LogP contribution is 2.48. The molecule has 1 spiro atoms. The fraction of sp³-hybridized carbons (Fsp3) is 0.462. The van der Waals surface area contributed by atoms with Crippen molar-refractivity contribution in [2.45, 2.75) is 37.5 Å². The van der Waals surface area contributed by atoms with Crippen LogP contribution < -0.4 is 15.2 Å². The van der Waals surface area contributed by atoms with Crippen molar-refractivity contribution >= 4 is 5.97 Å². The van der Waals surface area contributed by atoms with Gasteiger partial charge in [-0.3, -0.25) is 4.79 Å². The van der Waals surface area contributed by atoms with Gasteiger partial charge in [-0.2, -0.15) is 0 Å². The first-order chi connectivity index (χ1) is 8.58. The van der Waals surface area contributed by atoms with E-state index >= 15 is 0 Å². The van der Waals surface area contributed by atoms with Crippen molar-refractivity contribution < 1.29 is 19.4 Å². The molecule has 1 aliphatic heterocycles. The summed E-state index contributed by atoms with van der Waals surface area (Å²) < 4.78 is 11.6. The van der Waals surface area contributed by atoms with Crippen LogP contribution in [0.3, 0.4) is 0 Å². The number of benzene rings is 1. The first kappa shape index (κ1) is 11.3. The lowest BCUT2D eigenvalue weighted by molar-refractivity contribution is -0.139. The van der Waals surface area contributed by atoms with Gasteiger partial charge in [0.2, 0.25) is 0 Å². The van der Waals surface area contributed by atoms with E-state index in [2.05, 4.69) is 0 Å². The monoisotopic (exact) mass is 249 g/mol. The Kier molecular flexibility index (Phi) is 2.45. The molecule has 3 N–H and O–H groups in total. The first-order valence-electron chi connectivity index (χ1n) is 6.07. The average Bonchev–Trinajstić information content (AvgIpc) is 2.67. The second-order valence-electron chi connectivity index (χ2n) is 4.90. The van der Waals surface area contributed by atoms with Gasteiger partial charge < -0.3 is 20.3 Å². The Morgan fingerprint density at radius 2 is 2.11 bits per heavy atom. The van der Waals surface area contributed by atoms with Crippen LogP contribution in [0, 0.1) is 0 Å². The van der Waals surface area contributed by atoms with Gasteiger partial charge in [-0.25, -0.2) is 0 Å². The van der Waals surface area contributed by atoms with Crippen molar-refractivity contribution in [3.8, 4) is 11.5 Å². The van der Waals surface area contributed by atoms with Gasteiger partial charge in [0, 0.05) is 12.8 Å². The minimum atomic E-state index is -0.997. The van der Waals surface area contributed by atoms with Crippen LogP contribution in [-0.2, 0) is 11.2 Å². The number of hydrogen-bond acceptors (Lipinski definition) is 4. The number of hydrogen-bond donors (Lipinski definition) is 2. The summed E-state index contributed by atoms with van der Waals surface area (Å²) in [7, 11) is 0. The third-order valence-electron chi connectivity index (χ3n) is 3.49. The van der Waals surface area contributed by atoms with Crippen LogP contribution in [0.4, 0.5) is 0 Å². The lowest BCUT2D eigenvalue weighted by Gasteiger charge is -2.35. The Balaban J connectivity index is 1.77. The van der Waals surface area contributed by atoms with E-state index < -0.39 is 17.8 Å². The maximum Gasteiger partial charge on any atom is 0.320 e. The molecule has 0 aromatic heterocycles. The molecule has 1 heterocycles. The minimum Gasteiger partial charge on any atom is -0.480 e. The molecule has 1 aliphatic carbocycles. The van der Waals surface area contributed by atoms with Crippen LogP contribution in [0.5, 0.6) is 11.5 Å². The smallest absolute Gasteiger partial charge is 0.320 e. The molecule has 0 bridgehead atoms. The SMILES string of the molecule is NC(Cc1ccc2c(c1)OC1(CCC1)O2)C(=O)O. The molecule has 96 valence electrons. The predicted molar refractivity (Wildman–Crippen MR) is 63.6 cm³/mol. The van der Waals surface area contributed by atoms with Gasteiger partial charge in [0.05, 0.1) is 0 Å². The summed E-state index contributed by atoms with van der Waals surface area (Å²) in [5.74, 6) is -0.00848. The Bertz CT molecular complexity index is 496. The molecular weight excluding hydrogens is 234 g/mol. The van der Waals surface area contributed by atoms with Gasteiger partial charge in [-0.1, -0.05) is 6.07 Å². The van der Waals surface area contributed by atoms with E-state index in [1.165, 1.54) is 0 Å². The highest BCUT2D eigenvalue weighted by molar-refractivity contribution is 5.73. The number of ether oxygens (including phenoxy) is 2. The second kappa shape index (κ2) is 3.88. The first-order valence-corrected chi connectivity index (χ1v) is 6.07. The van der Waals surface area contributed by atoms with E-state index in [1.54, 1.807) is 0 Å². The zero-order chi connectivity index (χ0) is 12.8. The molecule has 5 nitrogen and oxygen atoms in total. The number of nitrogens with two attached hydrogens (primary N) is 1. The van der Waals surface area contributed by atoms with Gasteiger partial charge >= 0.3 is 5.97 Å². The molecule has 5 heteroatoms. The van der Waals surface area contributed by atoms with E-state index in [-0.39, 0.29) is 0 Å². The van der Waals surface area contributed by atoms with Gasteiger partial charge in [0.25, 0.3) is 5.79 Å². The third kappa shape index (κ3) is 1.80. The van der Waals surface area contributed by atoms with Gasteiger partial charge in [0.1, 0.15) is 6.04 Å². The van der Waals surface area contributed by atoms with E-state index in [1.807, 2.05) is 18.2 Å². The highest BCUT2D eigenvalue weighted by Gasteiger charge is 2.47. The summed E-state index contributed by atoms with van der Waals surface area (Å²) in [4.78, 5) is 10.7. The summed E-state index contributed by atoms with van der Waals surface area (Å²) in [6.07, 6.45) is 3.22. The topological polar surface area (TPSA) is 81.8 Å². The number of rotatable bonds is 3. The molecule has 1 fully saturated rings. The van der Waals surface area contributed by atoms with Gasteiger partial charge in [0.15, 0.2) is 11.5 Å². The summed E-state index contributed by atoms with van der Waals surface area (Å²) in [5.41, 5.74) is 6.36. The van der Waals surface area contributed by atoms with E-state index in [4.69, 9.17) is 20.3 Å². The number of fused-ring (bicyclic) bond motifs is 1. The Hall–Kier alpha value is -1.75. The fourth-order valence-electron chi connectivity index (χ4n) is 2.28. The summed E-state index contributed by atoms with van der Waals surface area (Å²) in [6, 6.07) is 4.60. The fourth-order valence-corrected chi connectivity index (χ4v) is 2.28. The summed E-state index contributed by atoms with van der Waals surface area (Å²) >= 11 is 0. The molecule has 0 saturated heterocycles. The standard InChI is InChI=1S/C13H15NO4/c14-9(12(15)16)6-8-2-3-10-11(7-8)18-13(17-10)4-1-5-13/h2-3,7,9H,1,4-6,14H2,(H,15,16). The quantitative estimate of drug-likeness (QED) is 0.843. The van der Waals surface area contributed by atoms with Gasteiger partial charge in [-0.05, 0) is 30.5 Å². The predicted octanol–water partition coefficient (Wildman–Crippen LogP) is 1.29. The maximum atomic E-state index is 10.7. The average molecular weight is 249 g/mol. The third-order valence-corrected chi connectivity index (χ3v) is 3.49. The van der Waals surface area contributed by atoms with Crippen LogP contribution >= 0.6 is 0 Å². The molecule has 1 atom stereocenters. The molecule has 1 aromatic rings. The Morgan fingerprint density at radius 1 is 1.39 bits per heavy atom. The lowest BCUT2D eigenvalue weighted by atomic mass is 9.91. The van der Waals surface area contributed by atoms with Crippen molar-refractivity contribution in [1.82, 2.24) is 0 Å². The zero-order valence-electron chi connectivity index (χ0n) is 9.89. The minimum absolute atomic E-state index is 0.291. The normalized spacial score (nSPS) is 20.5. The van der Waals surface area contributed by atoms with Gasteiger partial charge in [-0.15, -0.1) is 0 Å². The molecule has 1 aromatic carbocycles.